The Kier molecular flexibility index (Phi) is 2.79. The van der Waals surface area contributed by atoms with Gasteiger partial charge in [-0.15, -0.1) is 0 Å². The third-order valence-corrected chi connectivity index (χ3v) is 4.32. The molecule has 1 unspecified atom stereocenters. The molecule has 17 heavy (non-hydrogen) atoms. The first kappa shape index (κ1) is 11.0. The fourth-order valence-corrected chi connectivity index (χ4v) is 3.27. The molecule has 2 heterocycles. The lowest BCUT2D eigenvalue weighted by Crippen LogP contribution is -2.62. The molecule has 0 amide bonds. The summed E-state index contributed by atoms with van der Waals surface area (Å²) in [5.74, 6) is 0. The van der Waals surface area contributed by atoms with Gasteiger partial charge in [0.25, 0.3) is 0 Å². The molecule has 3 heteroatoms. The van der Waals surface area contributed by atoms with Crippen molar-refractivity contribution in [1.29, 1.82) is 0 Å². The maximum atomic E-state index is 4.25. The Balaban J connectivity index is 1.83. The number of nitrogens with zero attached hydrogens (tertiary/aromatic N) is 2. The van der Waals surface area contributed by atoms with Gasteiger partial charge >= 0.3 is 0 Å². The Morgan fingerprint density at radius 3 is 2.94 bits per heavy atom. The summed E-state index contributed by atoms with van der Waals surface area (Å²) in [5, 5.41) is 3.78. The van der Waals surface area contributed by atoms with Crippen molar-refractivity contribution in [1.82, 2.24) is 10.3 Å². The number of aromatic nitrogens is 1. The lowest BCUT2D eigenvalue weighted by Gasteiger charge is -2.46. The van der Waals surface area contributed by atoms with Crippen LogP contribution in [0.1, 0.15) is 32.6 Å². The van der Waals surface area contributed by atoms with Gasteiger partial charge in [0, 0.05) is 30.9 Å². The van der Waals surface area contributed by atoms with Crippen molar-refractivity contribution in [2.75, 3.05) is 18.0 Å². The zero-order valence-electron chi connectivity index (χ0n) is 10.5. The van der Waals surface area contributed by atoms with E-state index in [1.807, 2.05) is 18.5 Å². The summed E-state index contributed by atoms with van der Waals surface area (Å²) in [7, 11) is 0. The molecule has 1 aromatic rings. The second kappa shape index (κ2) is 4.30. The molecule has 0 aromatic carbocycles. The standard InChI is InChI=1S/C14H21N3/c1-12-9-16-14(6-2-3-7-14)11-17(12)13-5-4-8-15-10-13/h4-5,8,10,12,16H,2-3,6-7,9,11H2,1H3. The van der Waals surface area contributed by atoms with Gasteiger partial charge < -0.3 is 10.2 Å². The van der Waals surface area contributed by atoms with Gasteiger partial charge in [0.1, 0.15) is 0 Å². The normalized spacial score (nSPS) is 27.6. The molecular formula is C14H21N3. The Bertz CT molecular complexity index is 370. The number of nitrogens with one attached hydrogen (secondary N) is 1. The molecule has 1 saturated carbocycles. The molecule has 2 fully saturated rings. The molecule has 1 saturated heterocycles. The Labute approximate surface area is 103 Å². The van der Waals surface area contributed by atoms with Crippen molar-refractivity contribution in [2.45, 2.75) is 44.2 Å². The fraction of sp³-hybridized carbons (Fsp3) is 0.643. The molecule has 1 N–H and O–H groups in total. The summed E-state index contributed by atoms with van der Waals surface area (Å²) >= 11 is 0. The van der Waals surface area contributed by atoms with E-state index < -0.39 is 0 Å². The van der Waals surface area contributed by atoms with Crippen LogP contribution in [-0.4, -0.2) is 29.7 Å². The Morgan fingerprint density at radius 2 is 2.24 bits per heavy atom. The lowest BCUT2D eigenvalue weighted by molar-refractivity contribution is 0.276. The van der Waals surface area contributed by atoms with Gasteiger partial charge in [-0.3, -0.25) is 4.98 Å². The third-order valence-electron chi connectivity index (χ3n) is 4.32. The Hall–Kier alpha value is -1.09. The number of rotatable bonds is 1. The number of pyridine rings is 1. The second-order valence-electron chi connectivity index (χ2n) is 5.56. The molecule has 0 radical (unpaired) electrons. The van der Waals surface area contributed by atoms with Crippen LogP contribution in [-0.2, 0) is 0 Å². The van der Waals surface area contributed by atoms with Crippen molar-refractivity contribution >= 4 is 5.69 Å². The molecule has 1 atom stereocenters. The van der Waals surface area contributed by atoms with Gasteiger partial charge in [-0.25, -0.2) is 0 Å². The van der Waals surface area contributed by atoms with Crippen LogP contribution in [0.2, 0.25) is 0 Å². The predicted octanol–water partition coefficient (Wildman–Crippen LogP) is 2.19. The van der Waals surface area contributed by atoms with Gasteiger partial charge in [-0.1, -0.05) is 12.8 Å². The summed E-state index contributed by atoms with van der Waals surface area (Å²) < 4.78 is 0. The van der Waals surface area contributed by atoms with E-state index in [2.05, 4.69) is 28.2 Å². The Morgan fingerprint density at radius 1 is 1.41 bits per heavy atom. The predicted molar refractivity (Wildman–Crippen MR) is 70.2 cm³/mol. The quantitative estimate of drug-likeness (QED) is 0.803. The molecule has 1 aliphatic heterocycles. The SMILES string of the molecule is CC1CNC2(CCCC2)CN1c1cccnc1. The monoisotopic (exact) mass is 231 g/mol. The number of piperazine rings is 1. The first-order valence-corrected chi connectivity index (χ1v) is 6.71. The highest BCUT2D eigenvalue weighted by molar-refractivity contribution is 5.46. The van der Waals surface area contributed by atoms with Crippen molar-refractivity contribution in [2.24, 2.45) is 0 Å². The highest BCUT2D eigenvalue weighted by Gasteiger charge is 2.39. The van der Waals surface area contributed by atoms with Gasteiger partial charge in [-0.05, 0) is 31.9 Å². The fourth-order valence-electron chi connectivity index (χ4n) is 3.27. The van der Waals surface area contributed by atoms with E-state index in [4.69, 9.17) is 0 Å². The minimum atomic E-state index is 0.377. The van der Waals surface area contributed by atoms with E-state index >= 15 is 0 Å². The minimum Gasteiger partial charge on any atom is -0.364 e. The zero-order chi connectivity index (χ0) is 11.7. The smallest absolute Gasteiger partial charge is 0.0556 e. The van der Waals surface area contributed by atoms with Crippen LogP contribution in [0.15, 0.2) is 24.5 Å². The van der Waals surface area contributed by atoms with Crippen molar-refractivity contribution in [3.8, 4) is 0 Å². The summed E-state index contributed by atoms with van der Waals surface area (Å²) in [6.07, 6.45) is 9.25. The maximum Gasteiger partial charge on any atom is 0.0556 e. The van der Waals surface area contributed by atoms with Gasteiger partial charge in [0.2, 0.25) is 0 Å². The lowest BCUT2D eigenvalue weighted by atomic mass is 9.92. The first-order valence-electron chi connectivity index (χ1n) is 6.71. The van der Waals surface area contributed by atoms with Crippen LogP contribution in [0.3, 0.4) is 0 Å². The second-order valence-corrected chi connectivity index (χ2v) is 5.56. The maximum absolute atomic E-state index is 4.25. The van der Waals surface area contributed by atoms with Crippen molar-refractivity contribution in [3.05, 3.63) is 24.5 Å². The number of hydrogen-bond donors (Lipinski definition) is 1. The van der Waals surface area contributed by atoms with E-state index in [9.17, 15) is 0 Å². The van der Waals surface area contributed by atoms with Crippen LogP contribution < -0.4 is 10.2 Å². The van der Waals surface area contributed by atoms with Gasteiger partial charge in [0.15, 0.2) is 0 Å². The minimum absolute atomic E-state index is 0.377. The summed E-state index contributed by atoms with van der Waals surface area (Å²) in [5.41, 5.74) is 1.65. The molecule has 1 spiro atoms. The first-order chi connectivity index (χ1) is 8.29. The van der Waals surface area contributed by atoms with Crippen LogP contribution in [0.25, 0.3) is 0 Å². The third kappa shape index (κ3) is 2.04. The van der Waals surface area contributed by atoms with E-state index in [-0.39, 0.29) is 0 Å². The highest BCUT2D eigenvalue weighted by atomic mass is 15.3. The zero-order valence-corrected chi connectivity index (χ0v) is 10.5. The summed E-state index contributed by atoms with van der Waals surface area (Å²) in [6.45, 7) is 4.52. The highest BCUT2D eigenvalue weighted by Crippen LogP contribution is 2.34. The van der Waals surface area contributed by atoms with Crippen molar-refractivity contribution < 1.29 is 0 Å². The van der Waals surface area contributed by atoms with Gasteiger partial charge in [-0.2, -0.15) is 0 Å². The van der Waals surface area contributed by atoms with Crippen LogP contribution in [0.5, 0.6) is 0 Å². The van der Waals surface area contributed by atoms with Crippen molar-refractivity contribution in [3.63, 3.8) is 0 Å². The molecule has 2 aliphatic rings. The summed E-state index contributed by atoms with van der Waals surface area (Å²) in [6, 6.07) is 4.77. The van der Waals surface area contributed by atoms with Crippen LogP contribution in [0, 0.1) is 0 Å². The largest absolute Gasteiger partial charge is 0.364 e. The molecule has 0 bridgehead atoms. The van der Waals surface area contributed by atoms with Crippen LogP contribution in [0.4, 0.5) is 5.69 Å². The average Bonchev–Trinajstić information content (AvgIpc) is 2.82. The molecule has 1 aliphatic carbocycles. The molecule has 3 rings (SSSR count). The topological polar surface area (TPSA) is 28.2 Å². The summed E-state index contributed by atoms with van der Waals surface area (Å²) in [4.78, 5) is 6.77. The van der Waals surface area contributed by atoms with E-state index in [0.717, 1.165) is 13.1 Å². The van der Waals surface area contributed by atoms with Gasteiger partial charge in [0.05, 0.1) is 11.9 Å². The molecule has 92 valence electrons. The molecule has 3 nitrogen and oxygen atoms in total. The average molecular weight is 231 g/mol. The van der Waals surface area contributed by atoms with E-state index in [0.29, 0.717) is 11.6 Å². The molecule has 1 aromatic heterocycles. The van der Waals surface area contributed by atoms with E-state index in [1.165, 1.54) is 31.4 Å². The van der Waals surface area contributed by atoms with E-state index in [1.54, 1.807) is 0 Å². The molecular weight excluding hydrogens is 210 g/mol. The number of anilines is 1. The number of hydrogen-bond acceptors (Lipinski definition) is 3. The van der Waals surface area contributed by atoms with Crippen LogP contribution >= 0.6 is 0 Å².